The standard InChI is InChI=1S/C13H19NO2S/c1-9(11-6-4-3-5-7-11)16-13(15)12-8-17-10(2)14-12/h8-9,11H,3-7H2,1-2H3/t9-/m1/s1. The fraction of sp³-hybridized carbons (Fsp3) is 0.692. The molecule has 0 spiro atoms. The van der Waals surface area contributed by atoms with Gasteiger partial charge in [-0.15, -0.1) is 11.3 Å². The monoisotopic (exact) mass is 253 g/mol. The Labute approximate surface area is 106 Å². The van der Waals surface area contributed by atoms with Crippen LogP contribution in [0.25, 0.3) is 0 Å². The third-order valence-corrected chi connectivity index (χ3v) is 4.21. The van der Waals surface area contributed by atoms with E-state index >= 15 is 0 Å². The van der Waals surface area contributed by atoms with Crippen LogP contribution < -0.4 is 0 Å². The molecule has 1 saturated carbocycles. The summed E-state index contributed by atoms with van der Waals surface area (Å²) >= 11 is 1.48. The van der Waals surface area contributed by atoms with Gasteiger partial charge in [0.15, 0.2) is 5.69 Å². The van der Waals surface area contributed by atoms with Crippen molar-refractivity contribution in [2.45, 2.75) is 52.1 Å². The van der Waals surface area contributed by atoms with E-state index in [2.05, 4.69) is 4.98 Å². The smallest absolute Gasteiger partial charge is 0.358 e. The molecule has 0 saturated heterocycles. The Morgan fingerprint density at radius 2 is 2.18 bits per heavy atom. The van der Waals surface area contributed by atoms with E-state index in [1.807, 2.05) is 13.8 Å². The summed E-state index contributed by atoms with van der Waals surface area (Å²) in [7, 11) is 0. The van der Waals surface area contributed by atoms with Gasteiger partial charge in [-0.3, -0.25) is 0 Å². The van der Waals surface area contributed by atoms with Crippen molar-refractivity contribution in [3.05, 3.63) is 16.1 Å². The molecule has 1 aromatic rings. The summed E-state index contributed by atoms with van der Waals surface area (Å²) in [5, 5.41) is 2.67. The van der Waals surface area contributed by atoms with Crippen LogP contribution in [-0.4, -0.2) is 17.1 Å². The highest BCUT2D eigenvalue weighted by Crippen LogP contribution is 2.28. The van der Waals surface area contributed by atoms with Gasteiger partial charge in [0.1, 0.15) is 6.10 Å². The van der Waals surface area contributed by atoms with Crippen molar-refractivity contribution in [2.24, 2.45) is 5.92 Å². The number of nitrogens with zero attached hydrogens (tertiary/aromatic N) is 1. The van der Waals surface area contributed by atoms with Gasteiger partial charge in [-0.05, 0) is 32.6 Å². The zero-order valence-corrected chi connectivity index (χ0v) is 11.3. The van der Waals surface area contributed by atoms with Crippen molar-refractivity contribution >= 4 is 17.3 Å². The highest BCUT2D eigenvalue weighted by atomic mass is 32.1. The van der Waals surface area contributed by atoms with Crippen LogP contribution in [0.2, 0.25) is 0 Å². The molecule has 0 aromatic carbocycles. The number of carbonyl (C=O) groups excluding carboxylic acids is 1. The first kappa shape index (κ1) is 12.6. The summed E-state index contributed by atoms with van der Waals surface area (Å²) in [6, 6.07) is 0. The second-order valence-corrected chi connectivity index (χ2v) is 5.82. The first-order chi connectivity index (χ1) is 8.16. The molecule has 0 radical (unpaired) electrons. The second-order valence-electron chi connectivity index (χ2n) is 4.76. The molecule has 0 aliphatic heterocycles. The summed E-state index contributed by atoms with van der Waals surface area (Å²) in [5.74, 6) is 0.264. The highest BCUT2D eigenvalue weighted by Gasteiger charge is 2.24. The normalized spacial score (nSPS) is 18.9. The minimum Gasteiger partial charge on any atom is -0.458 e. The first-order valence-electron chi connectivity index (χ1n) is 6.30. The molecule has 3 nitrogen and oxygen atoms in total. The molecule has 1 aromatic heterocycles. The zero-order valence-electron chi connectivity index (χ0n) is 10.4. The number of rotatable bonds is 3. The molecule has 1 atom stereocenters. The van der Waals surface area contributed by atoms with Gasteiger partial charge < -0.3 is 4.74 Å². The molecule has 1 aliphatic carbocycles. The number of carbonyl (C=O) groups is 1. The molecule has 0 bridgehead atoms. The van der Waals surface area contributed by atoms with Crippen molar-refractivity contribution in [1.82, 2.24) is 4.98 Å². The lowest BCUT2D eigenvalue weighted by Gasteiger charge is -2.27. The van der Waals surface area contributed by atoms with Gasteiger partial charge in [-0.1, -0.05) is 19.3 Å². The lowest BCUT2D eigenvalue weighted by atomic mass is 9.86. The van der Waals surface area contributed by atoms with E-state index in [1.165, 1.54) is 43.4 Å². The Morgan fingerprint density at radius 1 is 1.47 bits per heavy atom. The van der Waals surface area contributed by atoms with Crippen LogP contribution in [0, 0.1) is 12.8 Å². The minimum absolute atomic E-state index is 0.0183. The highest BCUT2D eigenvalue weighted by molar-refractivity contribution is 7.09. The van der Waals surface area contributed by atoms with E-state index < -0.39 is 0 Å². The number of hydrogen-bond acceptors (Lipinski definition) is 4. The summed E-state index contributed by atoms with van der Waals surface area (Å²) in [6.45, 7) is 3.90. The lowest BCUT2D eigenvalue weighted by molar-refractivity contribution is 0.0135. The number of ether oxygens (including phenoxy) is 1. The molecular weight excluding hydrogens is 234 g/mol. The van der Waals surface area contributed by atoms with Crippen molar-refractivity contribution in [3.8, 4) is 0 Å². The maximum absolute atomic E-state index is 11.8. The van der Waals surface area contributed by atoms with Crippen LogP contribution in [0.3, 0.4) is 0 Å². The van der Waals surface area contributed by atoms with Gasteiger partial charge in [-0.2, -0.15) is 0 Å². The quantitative estimate of drug-likeness (QED) is 0.773. The summed E-state index contributed by atoms with van der Waals surface area (Å²) < 4.78 is 5.49. The Hall–Kier alpha value is -0.900. The number of hydrogen-bond donors (Lipinski definition) is 0. The van der Waals surface area contributed by atoms with Gasteiger partial charge in [0.05, 0.1) is 5.01 Å². The van der Waals surface area contributed by atoms with Gasteiger partial charge in [0.25, 0.3) is 0 Å². The predicted molar refractivity (Wildman–Crippen MR) is 68.3 cm³/mol. The molecular formula is C13H19NO2S. The van der Waals surface area contributed by atoms with Crippen LogP contribution in [0.4, 0.5) is 0 Å². The Morgan fingerprint density at radius 3 is 2.76 bits per heavy atom. The molecule has 1 fully saturated rings. The van der Waals surface area contributed by atoms with Crippen molar-refractivity contribution in [3.63, 3.8) is 0 Å². The van der Waals surface area contributed by atoms with E-state index in [4.69, 9.17) is 4.74 Å². The Balaban J connectivity index is 1.89. The minimum atomic E-state index is -0.271. The fourth-order valence-corrected chi connectivity index (χ4v) is 2.97. The zero-order chi connectivity index (χ0) is 12.3. The molecule has 0 N–H and O–H groups in total. The average molecular weight is 253 g/mol. The molecule has 1 aliphatic rings. The van der Waals surface area contributed by atoms with Gasteiger partial charge in [0, 0.05) is 5.38 Å². The Bertz CT molecular complexity index is 383. The summed E-state index contributed by atoms with van der Waals surface area (Å²) in [6.07, 6.45) is 6.24. The SMILES string of the molecule is Cc1nc(C(=O)O[C@H](C)C2CCCCC2)cs1. The maximum atomic E-state index is 11.8. The number of aryl methyl sites for hydroxylation is 1. The molecule has 1 heterocycles. The molecule has 0 unspecified atom stereocenters. The molecule has 0 amide bonds. The van der Waals surface area contributed by atoms with E-state index in [1.54, 1.807) is 5.38 Å². The fourth-order valence-electron chi connectivity index (χ4n) is 2.39. The van der Waals surface area contributed by atoms with Crippen molar-refractivity contribution < 1.29 is 9.53 Å². The maximum Gasteiger partial charge on any atom is 0.358 e. The predicted octanol–water partition coefficient (Wildman–Crippen LogP) is 3.58. The summed E-state index contributed by atoms with van der Waals surface area (Å²) in [5.41, 5.74) is 0.454. The van der Waals surface area contributed by atoms with Gasteiger partial charge >= 0.3 is 5.97 Å². The van der Waals surface area contributed by atoms with Gasteiger partial charge in [-0.25, -0.2) is 9.78 Å². The van der Waals surface area contributed by atoms with Crippen LogP contribution in [0.15, 0.2) is 5.38 Å². The van der Waals surface area contributed by atoms with E-state index in [9.17, 15) is 4.79 Å². The molecule has 17 heavy (non-hydrogen) atoms. The Kier molecular flexibility index (Phi) is 4.15. The third kappa shape index (κ3) is 3.28. The third-order valence-electron chi connectivity index (χ3n) is 3.43. The average Bonchev–Trinajstić information content (AvgIpc) is 2.77. The second kappa shape index (κ2) is 5.63. The van der Waals surface area contributed by atoms with Crippen LogP contribution in [0.1, 0.15) is 54.5 Å². The molecule has 4 heteroatoms. The first-order valence-corrected chi connectivity index (χ1v) is 7.18. The lowest BCUT2D eigenvalue weighted by Crippen LogP contribution is -2.26. The largest absolute Gasteiger partial charge is 0.458 e. The van der Waals surface area contributed by atoms with Crippen LogP contribution in [0.5, 0.6) is 0 Å². The van der Waals surface area contributed by atoms with E-state index in [0.29, 0.717) is 11.6 Å². The number of thiazole rings is 1. The topological polar surface area (TPSA) is 39.2 Å². The van der Waals surface area contributed by atoms with Crippen LogP contribution in [-0.2, 0) is 4.74 Å². The van der Waals surface area contributed by atoms with Crippen molar-refractivity contribution in [1.29, 1.82) is 0 Å². The van der Waals surface area contributed by atoms with Crippen molar-refractivity contribution in [2.75, 3.05) is 0 Å². The van der Waals surface area contributed by atoms with E-state index in [-0.39, 0.29) is 12.1 Å². The number of aromatic nitrogens is 1. The van der Waals surface area contributed by atoms with Crippen LogP contribution >= 0.6 is 11.3 Å². The molecule has 94 valence electrons. The number of esters is 1. The van der Waals surface area contributed by atoms with Gasteiger partial charge in [0.2, 0.25) is 0 Å². The van der Waals surface area contributed by atoms with E-state index in [0.717, 1.165) is 5.01 Å². The summed E-state index contributed by atoms with van der Waals surface area (Å²) in [4.78, 5) is 16.0. The molecule has 2 rings (SSSR count).